The summed E-state index contributed by atoms with van der Waals surface area (Å²) in [6.45, 7) is 4.48. The van der Waals surface area contributed by atoms with E-state index in [0.717, 1.165) is 18.6 Å². The zero-order valence-corrected chi connectivity index (χ0v) is 15.7. The van der Waals surface area contributed by atoms with Gasteiger partial charge in [0.2, 0.25) is 0 Å². The lowest BCUT2D eigenvalue weighted by Gasteiger charge is -2.16. The minimum Gasteiger partial charge on any atom is -0.495 e. The van der Waals surface area contributed by atoms with Crippen LogP contribution in [0.4, 0.5) is 0 Å². The van der Waals surface area contributed by atoms with E-state index >= 15 is 0 Å². The normalized spacial score (nSPS) is 31.4. The number of unbranched alkanes of at least 4 members (excludes halogenated alkanes) is 3. The Balaban J connectivity index is 1.83. The Morgan fingerprint density at radius 3 is 2.88 bits per heavy atom. The van der Waals surface area contributed by atoms with Crippen molar-refractivity contribution in [1.82, 2.24) is 0 Å². The van der Waals surface area contributed by atoms with Gasteiger partial charge in [-0.25, -0.2) is 0 Å². The molecule has 4 nitrogen and oxygen atoms in total. The van der Waals surface area contributed by atoms with Crippen LogP contribution < -0.4 is 0 Å². The summed E-state index contributed by atoms with van der Waals surface area (Å²) in [4.78, 5) is 10.6. The number of carboxylic acid groups (broad SMARTS) is 1. The van der Waals surface area contributed by atoms with Crippen molar-refractivity contribution in [2.45, 2.75) is 83.8 Å². The van der Waals surface area contributed by atoms with Gasteiger partial charge in [0.25, 0.3) is 0 Å². The van der Waals surface area contributed by atoms with Crippen molar-refractivity contribution in [1.29, 1.82) is 0 Å². The molecule has 1 saturated heterocycles. The van der Waals surface area contributed by atoms with Gasteiger partial charge in [0.1, 0.15) is 6.10 Å². The van der Waals surface area contributed by atoms with Gasteiger partial charge in [-0.2, -0.15) is 0 Å². The molecule has 0 aromatic carbocycles. The number of aliphatic hydroxyl groups is 1. The van der Waals surface area contributed by atoms with Gasteiger partial charge in [0, 0.05) is 31.1 Å². The van der Waals surface area contributed by atoms with Crippen molar-refractivity contribution in [2.24, 2.45) is 17.8 Å². The lowest BCUT2D eigenvalue weighted by atomic mass is 9.89. The number of aliphatic hydroxyl groups excluding tert-OH is 1. The minimum absolute atomic E-state index is 0.116. The molecule has 0 aromatic rings. The van der Waals surface area contributed by atoms with Crippen molar-refractivity contribution in [3.05, 3.63) is 24.0 Å². The first-order valence-electron chi connectivity index (χ1n) is 9.95. The highest BCUT2D eigenvalue weighted by Crippen LogP contribution is 2.45. The van der Waals surface area contributed by atoms with E-state index in [9.17, 15) is 9.90 Å². The van der Waals surface area contributed by atoms with Gasteiger partial charge in [0.05, 0.1) is 11.9 Å². The van der Waals surface area contributed by atoms with Gasteiger partial charge >= 0.3 is 5.97 Å². The highest BCUT2D eigenvalue weighted by molar-refractivity contribution is 5.66. The molecule has 2 aliphatic rings. The third kappa shape index (κ3) is 6.18. The van der Waals surface area contributed by atoms with Gasteiger partial charge in [-0.05, 0) is 31.3 Å². The Labute approximate surface area is 152 Å². The molecule has 0 amide bonds. The maximum atomic E-state index is 10.6. The standard InChI is InChI=1S/C21H34O4/c1-3-4-5-8-15(2)11-12-17-18-13-16(9-6-7-10-21(23)24)25-20(18)14-19(17)22/h9,11-12,15,17-20,22H,3-8,10,13-14H2,1-2H3,(H,23,24)/b12-11+,16-9-/t15-,17-,18-,19+,20-/m1/s1. The Morgan fingerprint density at radius 1 is 1.36 bits per heavy atom. The summed E-state index contributed by atoms with van der Waals surface area (Å²) < 4.78 is 6.00. The maximum Gasteiger partial charge on any atom is 0.303 e. The van der Waals surface area contributed by atoms with Crippen LogP contribution in [0.3, 0.4) is 0 Å². The Kier molecular flexibility index (Phi) is 8.01. The first-order chi connectivity index (χ1) is 12.0. The topological polar surface area (TPSA) is 66.8 Å². The monoisotopic (exact) mass is 350 g/mol. The third-order valence-corrected chi connectivity index (χ3v) is 5.52. The number of carboxylic acids is 1. The number of aliphatic carboxylic acids is 1. The average molecular weight is 350 g/mol. The van der Waals surface area contributed by atoms with Crippen LogP contribution in [-0.2, 0) is 9.53 Å². The van der Waals surface area contributed by atoms with E-state index in [1.807, 2.05) is 6.08 Å². The average Bonchev–Trinajstić information content (AvgIpc) is 3.06. The molecule has 1 aliphatic heterocycles. The minimum atomic E-state index is -0.746. The van der Waals surface area contributed by atoms with E-state index < -0.39 is 5.97 Å². The summed E-state index contributed by atoms with van der Waals surface area (Å²) in [5.74, 6) is 1.35. The SMILES string of the molecule is CCCCC[C@@H](C)/C=C/[C@@H]1[C@H]2C/C(=C/CCCC(=O)O)O[C@@H]2C[C@@H]1O. The first-order valence-corrected chi connectivity index (χ1v) is 9.95. The van der Waals surface area contributed by atoms with Crippen LogP contribution in [0.2, 0.25) is 0 Å². The zero-order valence-electron chi connectivity index (χ0n) is 15.7. The molecule has 2 N–H and O–H groups in total. The second-order valence-electron chi connectivity index (χ2n) is 7.72. The molecule has 1 saturated carbocycles. The first kappa shape index (κ1) is 20.0. The molecule has 142 valence electrons. The fraction of sp³-hybridized carbons (Fsp3) is 0.762. The predicted octanol–water partition coefficient (Wildman–Crippen LogP) is 4.68. The highest BCUT2D eigenvalue weighted by Gasteiger charge is 2.46. The number of ether oxygens (including phenoxy) is 1. The fourth-order valence-electron chi connectivity index (χ4n) is 4.03. The molecular formula is C21H34O4. The van der Waals surface area contributed by atoms with Crippen molar-refractivity contribution in [2.75, 3.05) is 0 Å². The van der Waals surface area contributed by atoms with E-state index in [-0.39, 0.29) is 24.5 Å². The summed E-state index contributed by atoms with van der Waals surface area (Å²) in [5.41, 5.74) is 0. The molecule has 25 heavy (non-hydrogen) atoms. The maximum absolute atomic E-state index is 10.6. The fourth-order valence-corrected chi connectivity index (χ4v) is 4.03. The lowest BCUT2D eigenvalue weighted by Crippen LogP contribution is -2.17. The van der Waals surface area contributed by atoms with Crippen LogP contribution in [0.15, 0.2) is 24.0 Å². The Hall–Kier alpha value is -1.29. The van der Waals surface area contributed by atoms with E-state index in [2.05, 4.69) is 26.0 Å². The van der Waals surface area contributed by atoms with Crippen LogP contribution >= 0.6 is 0 Å². The summed E-state index contributed by atoms with van der Waals surface area (Å²) in [6.07, 6.45) is 14.6. The van der Waals surface area contributed by atoms with Gasteiger partial charge in [0.15, 0.2) is 0 Å². The summed E-state index contributed by atoms with van der Waals surface area (Å²) >= 11 is 0. The summed E-state index contributed by atoms with van der Waals surface area (Å²) in [7, 11) is 0. The van der Waals surface area contributed by atoms with E-state index in [0.29, 0.717) is 24.7 Å². The smallest absolute Gasteiger partial charge is 0.303 e. The molecule has 1 aliphatic carbocycles. The largest absolute Gasteiger partial charge is 0.495 e. The summed E-state index contributed by atoms with van der Waals surface area (Å²) in [6, 6.07) is 0. The summed E-state index contributed by atoms with van der Waals surface area (Å²) in [5, 5.41) is 19.1. The molecule has 0 aromatic heterocycles. The van der Waals surface area contributed by atoms with Gasteiger partial charge < -0.3 is 14.9 Å². The Morgan fingerprint density at radius 2 is 2.16 bits per heavy atom. The number of fused-ring (bicyclic) bond motifs is 1. The number of rotatable bonds is 10. The highest BCUT2D eigenvalue weighted by atomic mass is 16.5. The Bertz CT molecular complexity index is 482. The van der Waals surface area contributed by atoms with E-state index in [4.69, 9.17) is 9.84 Å². The predicted molar refractivity (Wildman–Crippen MR) is 99.1 cm³/mol. The van der Waals surface area contributed by atoms with Crippen LogP contribution in [0, 0.1) is 17.8 Å². The zero-order chi connectivity index (χ0) is 18.2. The lowest BCUT2D eigenvalue weighted by molar-refractivity contribution is -0.137. The van der Waals surface area contributed by atoms with Crippen LogP contribution in [-0.4, -0.2) is 28.4 Å². The van der Waals surface area contributed by atoms with Crippen LogP contribution in [0.5, 0.6) is 0 Å². The molecule has 0 spiro atoms. The third-order valence-electron chi connectivity index (χ3n) is 5.52. The van der Waals surface area contributed by atoms with Crippen molar-refractivity contribution < 1.29 is 19.7 Å². The number of hydrogen-bond donors (Lipinski definition) is 2. The van der Waals surface area contributed by atoms with Crippen molar-refractivity contribution in [3.63, 3.8) is 0 Å². The van der Waals surface area contributed by atoms with Gasteiger partial charge in [-0.1, -0.05) is 45.3 Å². The number of hydrogen-bond acceptors (Lipinski definition) is 3. The number of carbonyl (C=O) groups is 1. The van der Waals surface area contributed by atoms with Crippen LogP contribution in [0.1, 0.15) is 71.6 Å². The quantitative estimate of drug-likeness (QED) is 0.443. The van der Waals surface area contributed by atoms with E-state index in [1.54, 1.807) is 0 Å². The molecule has 2 fully saturated rings. The molecule has 0 radical (unpaired) electrons. The second kappa shape index (κ2) is 10.0. The van der Waals surface area contributed by atoms with Crippen molar-refractivity contribution >= 4 is 5.97 Å². The molecule has 0 bridgehead atoms. The van der Waals surface area contributed by atoms with Gasteiger partial charge in [-0.15, -0.1) is 0 Å². The number of allylic oxidation sites excluding steroid dienone is 3. The molecule has 5 atom stereocenters. The second-order valence-corrected chi connectivity index (χ2v) is 7.72. The van der Waals surface area contributed by atoms with Crippen LogP contribution in [0.25, 0.3) is 0 Å². The molecular weight excluding hydrogens is 316 g/mol. The molecule has 4 heteroatoms. The van der Waals surface area contributed by atoms with Crippen molar-refractivity contribution in [3.8, 4) is 0 Å². The molecule has 1 heterocycles. The molecule has 2 rings (SSSR count). The molecule has 0 unspecified atom stereocenters. The van der Waals surface area contributed by atoms with Gasteiger partial charge in [-0.3, -0.25) is 4.79 Å². The van der Waals surface area contributed by atoms with E-state index in [1.165, 1.54) is 25.7 Å².